The number of benzene rings is 1. The van der Waals surface area contributed by atoms with Gasteiger partial charge in [0.15, 0.2) is 6.29 Å². The highest BCUT2D eigenvalue weighted by Gasteiger charge is 2.08. The zero-order valence-corrected chi connectivity index (χ0v) is 8.92. The molecule has 1 aromatic heterocycles. The zero-order valence-electron chi connectivity index (χ0n) is 8.11. The highest BCUT2D eigenvalue weighted by Crippen LogP contribution is 2.29. The molecule has 0 aliphatic rings. The first-order valence-corrected chi connectivity index (χ1v) is 5.31. The third-order valence-electron chi connectivity index (χ3n) is 2.11. The molecule has 0 aliphatic carbocycles. The molecule has 0 amide bonds. The van der Waals surface area contributed by atoms with Gasteiger partial charge in [-0.15, -0.1) is 11.3 Å². The van der Waals surface area contributed by atoms with Crippen molar-refractivity contribution in [1.82, 2.24) is 0 Å². The van der Waals surface area contributed by atoms with Gasteiger partial charge < -0.3 is 0 Å². The maximum atomic E-state index is 13.6. The molecule has 0 unspecified atom stereocenters. The van der Waals surface area contributed by atoms with Gasteiger partial charge in [0.05, 0.1) is 16.5 Å². The number of aldehydes is 1. The van der Waals surface area contributed by atoms with E-state index in [9.17, 15) is 9.18 Å². The minimum atomic E-state index is -0.446. The lowest BCUT2D eigenvalue weighted by Crippen LogP contribution is -1.83. The monoisotopic (exact) mass is 231 g/mol. The number of hydrogen-bond donors (Lipinski definition) is 0. The first kappa shape index (κ1) is 10.5. The van der Waals surface area contributed by atoms with E-state index in [1.807, 2.05) is 6.07 Å². The molecular formula is C12H6FNOS. The van der Waals surface area contributed by atoms with E-state index in [0.29, 0.717) is 15.3 Å². The average Bonchev–Trinajstić information content (AvgIpc) is 2.77. The molecule has 2 nitrogen and oxygen atoms in total. The molecule has 0 atom stereocenters. The van der Waals surface area contributed by atoms with E-state index in [1.54, 1.807) is 24.3 Å². The number of carbonyl (C=O) groups excluding carboxylic acids is 1. The summed E-state index contributed by atoms with van der Waals surface area (Å²) in [5, 5.41) is 8.61. The van der Waals surface area contributed by atoms with Gasteiger partial charge in [0.25, 0.3) is 0 Å². The number of halogens is 1. The number of hydrogen-bond acceptors (Lipinski definition) is 3. The van der Waals surface area contributed by atoms with Crippen molar-refractivity contribution in [3.8, 4) is 16.5 Å². The van der Waals surface area contributed by atoms with Gasteiger partial charge in [-0.05, 0) is 30.3 Å². The molecule has 0 saturated heterocycles. The molecule has 0 spiro atoms. The summed E-state index contributed by atoms with van der Waals surface area (Å²) >= 11 is 1.22. The Labute approximate surface area is 95.6 Å². The van der Waals surface area contributed by atoms with E-state index < -0.39 is 5.82 Å². The fourth-order valence-corrected chi connectivity index (χ4v) is 2.20. The summed E-state index contributed by atoms with van der Waals surface area (Å²) in [6, 6.07) is 9.50. The van der Waals surface area contributed by atoms with Crippen LogP contribution in [0.25, 0.3) is 10.4 Å². The molecule has 0 bridgehead atoms. The van der Waals surface area contributed by atoms with Gasteiger partial charge in [0.1, 0.15) is 5.82 Å². The van der Waals surface area contributed by atoms with Crippen molar-refractivity contribution in [1.29, 1.82) is 5.26 Å². The van der Waals surface area contributed by atoms with Crippen molar-refractivity contribution in [2.24, 2.45) is 0 Å². The smallest absolute Gasteiger partial charge is 0.160 e. The predicted molar refractivity (Wildman–Crippen MR) is 59.8 cm³/mol. The van der Waals surface area contributed by atoms with Crippen LogP contribution in [0.1, 0.15) is 15.2 Å². The van der Waals surface area contributed by atoms with Crippen LogP contribution in [0.15, 0.2) is 30.3 Å². The molecule has 0 fully saturated rings. The molecule has 0 aliphatic heterocycles. The largest absolute Gasteiger partial charge is 0.297 e. The van der Waals surface area contributed by atoms with Gasteiger partial charge in [0, 0.05) is 10.4 Å². The van der Waals surface area contributed by atoms with Crippen molar-refractivity contribution in [2.45, 2.75) is 0 Å². The van der Waals surface area contributed by atoms with Crippen LogP contribution < -0.4 is 0 Å². The lowest BCUT2D eigenvalue weighted by Gasteiger charge is -1.99. The Morgan fingerprint density at radius 3 is 2.69 bits per heavy atom. The van der Waals surface area contributed by atoms with Gasteiger partial charge >= 0.3 is 0 Å². The molecule has 1 heterocycles. The maximum absolute atomic E-state index is 13.6. The van der Waals surface area contributed by atoms with Gasteiger partial charge in [-0.3, -0.25) is 4.79 Å². The Hall–Kier alpha value is -1.99. The molecule has 4 heteroatoms. The summed E-state index contributed by atoms with van der Waals surface area (Å²) in [5.41, 5.74) is 0.700. The summed E-state index contributed by atoms with van der Waals surface area (Å²) in [4.78, 5) is 11.7. The Morgan fingerprint density at radius 1 is 1.31 bits per heavy atom. The quantitative estimate of drug-likeness (QED) is 0.744. The zero-order chi connectivity index (χ0) is 11.5. The standard InChI is InChI=1S/C12H6FNOS/c13-11-5-8(6-14)1-3-10(11)12-4-2-9(7-15)16-12/h1-5,7H. The van der Waals surface area contributed by atoms with E-state index in [0.717, 1.165) is 6.29 Å². The molecule has 78 valence electrons. The Morgan fingerprint density at radius 2 is 2.12 bits per heavy atom. The highest BCUT2D eigenvalue weighted by molar-refractivity contribution is 7.17. The first-order chi connectivity index (χ1) is 7.74. The SMILES string of the molecule is N#Cc1ccc(-c2ccc(C=O)s2)c(F)c1. The van der Waals surface area contributed by atoms with Gasteiger partial charge in [0.2, 0.25) is 0 Å². The fraction of sp³-hybridized carbons (Fsp3) is 0. The maximum Gasteiger partial charge on any atom is 0.160 e. The van der Waals surface area contributed by atoms with E-state index in [2.05, 4.69) is 0 Å². The van der Waals surface area contributed by atoms with Crippen molar-refractivity contribution < 1.29 is 9.18 Å². The summed E-state index contributed by atoms with van der Waals surface area (Å²) in [6.45, 7) is 0. The summed E-state index contributed by atoms with van der Waals surface area (Å²) < 4.78 is 13.6. The molecule has 0 N–H and O–H groups in total. The number of nitriles is 1. The predicted octanol–water partition coefficient (Wildman–Crippen LogP) is 3.24. The third kappa shape index (κ3) is 1.86. The minimum Gasteiger partial charge on any atom is -0.297 e. The number of rotatable bonds is 2. The van der Waals surface area contributed by atoms with Crippen molar-refractivity contribution in [3.05, 3.63) is 46.6 Å². The van der Waals surface area contributed by atoms with Crippen LogP contribution in [0.3, 0.4) is 0 Å². The second-order valence-corrected chi connectivity index (χ2v) is 4.24. The summed E-state index contributed by atoms with van der Waals surface area (Å²) in [6.07, 6.45) is 0.732. The normalized spacial score (nSPS) is 9.75. The highest BCUT2D eigenvalue weighted by atomic mass is 32.1. The fourth-order valence-electron chi connectivity index (χ4n) is 1.35. The topological polar surface area (TPSA) is 40.9 Å². The van der Waals surface area contributed by atoms with Gasteiger partial charge in [-0.1, -0.05) is 0 Å². The van der Waals surface area contributed by atoms with Crippen molar-refractivity contribution in [2.75, 3.05) is 0 Å². The Bertz CT molecular complexity index is 583. The lowest BCUT2D eigenvalue weighted by molar-refractivity contribution is 0.112. The number of thiophene rings is 1. The molecule has 2 rings (SSSR count). The third-order valence-corrected chi connectivity index (χ3v) is 3.15. The molecular weight excluding hydrogens is 225 g/mol. The average molecular weight is 231 g/mol. The number of nitrogens with zero attached hydrogens (tertiary/aromatic N) is 1. The molecule has 0 radical (unpaired) electrons. The van der Waals surface area contributed by atoms with E-state index in [-0.39, 0.29) is 5.56 Å². The molecule has 2 aromatic rings. The minimum absolute atomic E-state index is 0.286. The van der Waals surface area contributed by atoms with Crippen LogP contribution in [0.5, 0.6) is 0 Å². The van der Waals surface area contributed by atoms with E-state index >= 15 is 0 Å². The van der Waals surface area contributed by atoms with Crippen LogP contribution >= 0.6 is 11.3 Å². The second-order valence-electron chi connectivity index (χ2n) is 3.13. The van der Waals surface area contributed by atoms with Crippen LogP contribution in [0.4, 0.5) is 4.39 Å². The number of carbonyl (C=O) groups is 1. The summed E-state index contributed by atoms with van der Waals surface area (Å²) in [5.74, 6) is -0.446. The first-order valence-electron chi connectivity index (χ1n) is 4.49. The Balaban J connectivity index is 2.48. The summed E-state index contributed by atoms with van der Waals surface area (Å²) in [7, 11) is 0. The Kier molecular flexibility index (Phi) is 2.80. The van der Waals surface area contributed by atoms with E-state index in [1.165, 1.54) is 17.4 Å². The lowest BCUT2D eigenvalue weighted by atomic mass is 10.1. The second kappa shape index (κ2) is 4.25. The van der Waals surface area contributed by atoms with Crippen LogP contribution in [0, 0.1) is 17.1 Å². The van der Waals surface area contributed by atoms with E-state index in [4.69, 9.17) is 5.26 Å². The van der Waals surface area contributed by atoms with Crippen LogP contribution in [-0.4, -0.2) is 6.29 Å². The van der Waals surface area contributed by atoms with Crippen LogP contribution in [-0.2, 0) is 0 Å². The molecule has 16 heavy (non-hydrogen) atoms. The van der Waals surface area contributed by atoms with Crippen molar-refractivity contribution in [3.63, 3.8) is 0 Å². The van der Waals surface area contributed by atoms with Gasteiger partial charge in [-0.2, -0.15) is 5.26 Å². The van der Waals surface area contributed by atoms with Crippen molar-refractivity contribution >= 4 is 17.6 Å². The molecule has 0 saturated carbocycles. The van der Waals surface area contributed by atoms with Gasteiger partial charge in [-0.25, -0.2) is 4.39 Å². The molecule has 1 aromatic carbocycles. The van der Waals surface area contributed by atoms with Crippen LogP contribution in [0.2, 0.25) is 0 Å².